The third-order valence-electron chi connectivity index (χ3n) is 4.06. The number of aromatic amines is 1. The van der Waals surface area contributed by atoms with E-state index >= 15 is 0 Å². The molecule has 0 amide bonds. The molecular formula is C15H17N5S. The summed E-state index contributed by atoms with van der Waals surface area (Å²) in [5.41, 5.74) is 3.89. The summed E-state index contributed by atoms with van der Waals surface area (Å²) in [4.78, 5) is 12.4. The minimum absolute atomic E-state index is 0.785. The Balaban J connectivity index is 1.70. The molecule has 3 aromatic rings. The standard InChI is InChI=1S/C15H17N5S/c1-9-16-14(11-6-7-21-15(11)17-9)20(2)8-13-10-4-3-5-12(10)18-19-13/h6-7H,3-5,8H2,1-2H3,(H,18,19). The molecule has 0 saturated carbocycles. The maximum absolute atomic E-state index is 4.63. The van der Waals surface area contributed by atoms with Crippen LogP contribution in [0.2, 0.25) is 0 Å². The van der Waals surface area contributed by atoms with Gasteiger partial charge in [0.1, 0.15) is 16.5 Å². The predicted octanol–water partition coefficient (Wildman–Crippen LogP) is 2.85. The van der Waals surface area contributed by atoms with E-state index in [9.17, 15) is 0 Å². The molecule has 108 valence electrons. The van der Waals surface area contributed by atoms with Crippen LogP contribution in [0, 0.1) is 6.92 Å². The summed E-state index contributed by atoms with van der Waals surface area (Å²) in [6.45, 7) is 2.73. The first kappa shape index (κ1) is 12.8. The number of fused-ring (bicyclic) bond motifs is 2. The average Bonchev–Trinajstić information content (AvgIpc) is 3.14. The number of anilines is 1. The molecule has 0 spiro atoms. The number of aromatic nitrogens is 4. The second-order valence-corrected chi connectivity index (χ2v) is 6.47. The Morgan fingerprint density at radius 2 is 2.24 bits per heavy atom. The van der Waals surface area contributed by atoms with Crippen LogP contribution in [-0.2, 0) is 19.4 Å². The number of hydrogen-bond acceptors (Lipinski definition) is 5. The van der Waals surface area contributed by atoms with E-state index in [1.807, 2.05) is 6.92 Å². The molecule has 6 heteroatoms. The van der Waals surface area contributed by atoms with E-state index in [2.05, 4.69) is 43.6 Å². The molecule has 3 aromatic heterocycles. The summed E-state index contributed by atoms with van der Waals surface area (Å²) in [5.74, 6) is 1.81. The molecule has 1 aliphatic rings. The normalized spacial score (nSPS) is 13.8. The van der Waals surface area contributed by atoms with Crippen molar-refractivity contribution in [1.82, 2.24) is 20.2 Å². The van der Waals surface area contributed by atoms with Crippen molar-refractivity contribution in [3.05, 3.63) is 34.2 Å². The molecule has 0 atom stereocenters. The Labute approximate surface area is 127 Å². The first-order chi connectivity index (χ1) is 10.2. The highest BCUT2D eigenvalue weighted by molar-refractivity contribution is 7.16. The Bertz CT molecular complexity index is 804. The molecule has 0 unspecified atom stereocenters. The first-order valence-corrected chi connectivity index (χ1v) is 8.08. The van der Waals surface area contributed by atoms with Gasteiger partial charge in [-0.25, -0.2) is 9.97 Å². The lowest BCUT2D eigenvalue weighted by Gasteiger charge is -2.18. The summed E-state index contributed by atoms with van der Waals surface area (Å²) in [7, 11) is 2.08. The largest absolute Gasteiger partial charge is 0.353 e. The second kappa shape index (κ2) is 4.80. The number of nitrogens with zero attached hydrogens (tertiary/aromatic N) is 4. The third kappa shape index (κ3) is 2.10. The zero-order chi connectivity index (χ0) is 14.4. The van der Waals surface area contributed by atoms with E-state index in [0.717, 1.165) is 46.9 Å². The maximum atomic E-state index is 4.63. The molecule has 0 aliphatic heterocycles. The van der Waals surface area contributed by atoms with Crippen LogP contribution >= 0.6 is 11.3 Å². The van der Waals surface area contributed by atoms with Gasteiger partial charge in [-0.3, -0.25) is 5.10 Å². The molecule has 0 bridgehead atoms. The van der Waals surface area contributed by atoms with Crippen molar-refractivity contribution in [1.29, 1.82) is 0 Å². The van der Waals surface area contributed by atoms with Gasteiger partial charge in [-0.2, -0.15) is 5.10 Å². The van der Waals surface area contributed by atoms with Gasteiger partial charge < -0.3 is 4.90 Å². The molecule has 1 aliphatic carbocycles. The highest BCUT2D eigenvalue weighted by atomic mass is 32.1. The fourth-order valence-electron chi connectivity index (χ4n) is 3.05. The van der Waals surface area contributed by atoms with E-state index in [0.29, 0.717) is 0 Å². The fourth-order valence-corrected chi connectivity index (χ4v) is 3.86. The van der Waals surface area contributed by atoms with E-state index in [4.69, 9.17) is 0 Å². The zero-order valence-electron chi connectivity index (χ0n) is 12.2. The number of H-pyrrole nitrogens is 1. The second-order valence-electron chi connectivity index (χ2n) is 5.57. The summed E-state index contributed by atoms with van der Waals surface area (Å²) in [6, 6.07) is 2.10. The van der Waals surface area contributed by atoms with Gasteiger partial charge in [-0.15, -0.1) is 11.3 Å². The van der Waals surface area contributed by atoms with Crippen LogP contribution in [0.3, 0.4) is 0 Å². The number of nitrogens with one attached hydrogen (secondary N) is 1. The van der Waals surface area contributed by atoms with Gasteiger partial charge >= 0.3 is 0 Å². The van der Waals surface area contributed by atoms with Gasteiger partial charge in [-0.1, -0.05) is 0 Å². The minimum Gasteiger partial charge on any atom is -0.353 e. The minimum atomic E-state index is 0.785. The quantitative estimate of drug-likeness (QED) is 0.808. The lowest BCUT2D eigenvalue weighted by atomic mass is 10.2. The van der Waals surface area contributed by atoms with Crippen molar-refractivity contribution in [3.63, 3.8) is 0 Å². The average molecular weight is 299 g/mol. The van der Waals surface area contributed by atoms with E-state index in [1.54, 1.807) is 11.3 Å². The number of thiophene rings is 1. The van der Waals surface area contributed by atoms with Gasteiger partial charge in [0, 0.05) is 12.7 Å². The molecule has 1 N–H and O–H groups in total. The molecule has 21 heavy (non-hydrogen) atoms. The van der Waals surface area contributed by atoms with Crippen LogP contribution in [0.25, 0.3) is 10.2 Å². The topological polar surface area (TPSA) is 57.7 Å². The third-order valence-corrected chi connectivity index (χ3v) is 4.86. The van der Waals surface area contributed by atoms with Gasteiger partial charge in [0.25, 0.3) is 0 Å². The monoisotopic (exact) mass is 299 g/mol. The summed E-state index contributed by atoms with van der Waals surface area (Å²) < 4.78 is 0. The number of hydrogen-bond donors (Lipinski definition) is 1. The molecule has 0 saturated heterocycles. The first-order valence-electron chi connectivity index (χ1n) is 7.20. The van der Waals surface area contributed by atoms with Crippen molar-refractivity contribution >= 4 is 27.4 Å². The highest BCUT2D eigenvalue weighted by Gasteiger charge is 2.20. The van der Waals surface area contributed by atoms with Gasteiger partial charge in [0.05, 0.1) is 17.6 Å². The Kier molecular flexibility index (Phi) is 2.92. The maximum Gasteiger partial charge on any atom is 0.141 e. The summed E-state index contributed by atoms with van der Waals surface area (Å²) in [5, 5.41) is 10.9. The van der Waals surface area contributed by atoms with Gasteiger partial charge in [0.2, 0.25) is 0 Å². The smallest absolute Gasteiger partial charge is 0.141 e. The van der Waals surface area contributed by atoms with Crippen molar-refractivity contribution in [3.8, 4) is 0 Å². The Morgan fingerprint density at radius 3 is 3.14 bits per heavy atom. The predicted molar refractivity (Wildman–Crippen MR) is 84.9 cm³/mol. The fraction of sp³-hybridized carbons (Fsp3) is 0.400. The van der Waals surface area contributed by atoms with E-state index in [-0.39, 0.29) is 0 Å². The molecule has 5 nitrogen and oxygen atoms in total. The molecule has 0 aromatic carbocycles. The van der Waals surface area contributed by atoms with Gasteiger partial charge in [0.15, 0.2) is 0 Å². The lowest BCUT2D eigenvalue weighted by molar-refractivity contribution is 0.805. The van der Waals surface area contributed by atoms with Crippen LogP contribution in [0.1, 0.15) is 29.2 Å². The van der Waals surface area contributed by atoms with Gasteiger partial charge in [-0.05, 0) is 43.2 Å². The zero-order valence-corrected chi connectivity index (χ0v) is 13.0. The Hall–Kier alpha value is -1.95. The van der Waals surface area contributed by atoms with Crippen molar-refractivity contribution in [2.75, 3.05) is 11.9 Å². The van der Waals surface area contributed by atoms with E-state index < -0.39 is 0 Å². The lowest BCUT2D eigenvalue weighted by Crippen LogP contribution is -2.19. The van der Waals surface area contributed by atoms with Crippen LogP contribution in [0.4, 0.5) is 5.82 Å². The summed E-state index contributed by atoms with van der Waals surface area (Å²) in [6.07, 6.45) is 3.51. The number of aryl methyl sites for hydroxylation is 2. The van der Waals surface area contributed by atoms with Crippen molar-refractivity contribution < 1.29 is 0 Å². The van der Waals surface area contributed by atoms with Crippen LogP contribution < -0.4 is 4.90 Å². The summed E-state index contributed by atoms with van der Waals surface area (Å²) >= 11 is 1.66. The Morgan fingerprint density at radius 1 is 1.33 bits per heavy atom. The molecule has 0 fully saturated rings. The molecule has 0 radical (unpaired) electrons. The highest BCUT2D eigenvalue weighted by Crippen LogP contribution is 2.29. The number of rotatable bonds is 3. The van der Waals surface area contributed by atoms with Crippen LogP contribution in [0.15, 0.2) is 11.4 Å². The van der Waals surface area contributed by atoms with Crippen molar-refractivity contribution in [2.45, 2.75) is 32.7 Å². The van der Waals surface area contributed by atoms with Crippen LogP contribution in [-0.4, -0.2) is 27.2 Å². The van der Waals surface area contributed by atoms with E-state index in [1.165, 1.54) is 17.7 Å². The SMILES string of the molecule is Cc1nc(N(C)Cc2n[nH]c3c2CCC3)c2ccsc2n1. The molecule has 4 rings (SSSR count). The molecular weight excluding hydrogens is 282 g/mol. The van der Waals surface area contributed by atoms with Crippen LogP contribution in [0.5, 0.6) is 0 Å². The van der Waals surface area contributed by atoms with Crippen molar-refractivity contribution in [2.24, 2.45) is 0 Å². The molecule has 3 heterocycles.